The average Bonchev–Trinajstić information content (AvgIpc) is 3.36. The molecule has 1 amide bonds. The number of nitro benzene ring substituents is 1. The number of amides is 1. The summed E-state index contributed by atoms with van der Waals surface area (Å²) >= 11 is 1.47. The quantitative estimate of drug-likeness (QED) is 0.385. The predicted octanol–water partition coefficient (Wildman–Crippen LogP) is 5.57. The first kappa shape index (κ1) is 24.7. The maximum atomic E-state index is 12.7. The lowest BCUT2D eigenvalue weighted by molar-refractivity contribution is -0.386. The summed E-state index contributed by atoms with van der Waals surface area (Å²) in [5.74, 6) is 0.820. The van der Waals surface area contributed by atoms with Crippen molar-refractivity contribution in [3.63, 3.8) is 0 Å². The summed E-state index contributed by atoms with van der Waals surface area (Å²) in [5.41, 5.74) is 2.75. The largest absolute Gasteiger partial charge is 0.502 e. The fraction of sp³-hybridized carbons (Fsp3) is 0.577. The number of nitro groups is 1. The maximum Gasteiger partial charge on any atom is 0.310 e. The summed E-state index contributed by atoms with van der Waals surface area (Å²) < 4.78 is 0. The van der Waals surface area contributed by atoms with Crippen molar-refractivity contribution in [2.24, 2.45) is 28.3 Å². The number of fused-ring (bicyclic) bond motifs is 5. The Bertz CT molecular complexity index is 1230. The van der Waals surface area contributed by atoms with Crippen LogP contribution in [0.15, 0.2) is 23.5 Å². The molecule has 1 aromatic heterocycles. The molecule has 2 saturated carbocycles. The number of aryl methyl sites for hydroxylation is 2. The van der Waals surface area contributed by atoms with Crippen LogP contribution < -0.4 is 5.32 Å². The highest BCUT2D eigenvalue weighted by Gasteiger charge is 2.57. The minimum absolute atomic E-state index is 0.0318. The second kappa shape index (κ2) is 9.46. The van der Waals surface area contributed by atoms with E-state index in [1.54, 1.807) is 25.4 Å². The summed E-state index contributed by atoms with van der Waals surface area (Å²) in [5, 5.41) is 29.7. The number of phenolic OH excluding ortho intramolecular Hbond substituents is 1. The second-order valence-electron chi connectivity index (χ2n) is 10.6. The molecule has 3 aliphatic rings. The molecular formula is C26H32N4O5S. The SMILES string of the molecule is CON=C1C[C@@H](CCC(=O)Nc2ncc(C)s2)C2C3CCc4cc(O)c([N+](=O)[O-])cc4C3CC[C@]12C. The molecule has 192 valence electrons. The molecule has 36 heavy (non-hydrogen) atoms. The molecule has 2 N–H and O–H groups in total. The summed E-state index contributed by atoms with van der Waals surface area (Å²) in [7, 11) is 1.58. The Hall–Kier alpha value is -3.01. The molecular weight excluding hydrogens is 480 g/mol. The third-order valence-electron chi connectivity index (χ3n) is 8.70. The summed E-state index contributed by atoms with van der Waals surface area (Å²) in [6, 6.07) is 3.19. The standard InChI is InChI=1S/C26H32N4O5S/c1-14-13-27-25(36-14)28-23(32)7-5-16-11-22(29-35-3)26(2)9-8-17-18(24(16)26)6-4-15-10-21(31)20(30(33)34)12-19(15)17/h10,12-13,16-18,24,31H,4-9,11H2,1-3H3,(H,27,28,32)/t16-,17?,18?,24?,26-/m1/s1. The van der Waals surface area contributed by atoms with Gasteiger partial charge in [-0.2, -0.15) is 0 Å². The number of carbonyl (C=O) groups excluding carboxylic acids is 1. The van der Waals surface area contributed by atoms with Crippen LogP contribution in [0.25, 0.3) is 0 Å². The molecule has 0 spiro atoms. The Labute approximate surface area is 214 Å². The van der Waals surface area contributed by atoms with Crippen LogP contribution in [0.5, 0.6) is 5.75 Å². The van der Waals surface area contributed by atoms with Gasteiger partial charge in [-0.15, -0.1) is 11.3 Å². The Kier molecular flexibility index (Phi) is 6.48. The molecule has 1 heterocycles. The van der Waals surface area contributed by atoms with E-state index in [0.29, 0.717) is 23.4 Å². The van der Waals surface area contributed by atoms with E-state index in [0.717, 1.165) is 60.2 Å². The highest BCUT2D eigenvalue weighted by atomic mass is 32.1. The van der Waals surface area contributed by atoms with Crippen LogP contribution in [0.1, 0.15) is 67.4 Å². The number of aromatic nitrogens is 1. The van der Waals surface area contributed by atoms with Gasteiger partial charge in [0, 0.05) is 29.0 Å². The number of anilines is 1. The van der Waals surface area contributed by atoms with Crippen molar-refractivity contribution >= 4 is 33.8 Å². The zero-order valence-corrected chi connectivity index (χ0v) is 21.6. The molecule has 9 nitrogen and oxygen atoms in total. The van der Waals surface area contributed by atoms with Crippen molar-refractivity contribution in [3.05, 3.63) is 44.4 Å². The van der Waals surface area contributed by atoms with Gasteiger partial charge in [0.05, 0.1) is 10.6 Å². The lowest BCUT2D eigenvalue weighted by atomic mass is 9.54. The fourth-order valence-corrected chi connectivity index (χ4v) is 7.93. The van der Waals surface area contributed by atoms with Gasteiger partial charge in [0.2, 0.25) is 5.91 Å². The van der Waals surface area contributed by atoms with Gasteiger partial charge < -0.3 is 15.3 Å². The minimum Gasteiger partial charge on any atom is -0.502 e. The van der Waals surface area contributed by atoms with Crippen LogP contribution in [0.4, 0.5) is 10.8 Å². The van der Waals surface area contributed by atoms with Crippen molar-refractivity contribution in [3.8, 4) is 5.75 Å². The number of hydrogen-bond donors (Lipinski definition) is 2. The van der Waals surface area contributed by atoms with Crippen LogP contribution in [0.2, 0.25) is 0 Å². The summed E-state index contributed by atoms with van der Waals surface area (Å²) in [6.07, 6.45) is 7.25. The number of oxime groups is 1. The molecule has 5 rings (SSSR count). The van der Waals surface area contributed by atoms with E-state index >= 15 is 0 Å². The van der Waals surface area contributed by atoms with E-state index in [2.05, 4.69) is 22.4 Å². The number of nitrogens with one attached hydrogen (secondary N) is 1. The van der Waals surface area contributed by atoms with E-state index in [4.69, 9.17) is 4.84 Å². The van der Waals surface area contributed by atoms with Crippen LogP contribution in [-0.2, 0) is 16.1 Å². The summed E-state index contributed by atoms with van der Waals surface area (Å²) in [6.45, 7) is 4.24. The molecule has 3 unspecified atom stereocenters. The van der Waals surface area contributed by atoms with Crippen LogP contribution in [0.3, 0.4) is 0 Å². The van der Waals surface area contributed by atoms with Gasteiger partial charge in [-0.1, -0.05) is 12.1 Å². The van der Waals surface area contributed by atoms with Crippen molar-refractivity contribution < 1.29 is 19.7 Å². The van der Waals surface area contributed by atoms with Gasteiger partial charge in [0.25, 0.3) is 0 Å². The molecule has 0 aliphatic heterocycles. The second-order valence-corrected chi connectivity index (χ2v) is 11.9. The number of rotatable bonds is 6. The number of hydrogen-bond acceptors (Lipinski definition) is 8. The molecule has 2 fully saturated rings. The van der Waals surface area contributed by atoms with Crippen LogP contribution in [0, 0.1) is 40.2 Å². The molecule has 2 aromatic rings. The van der Waals surface area contributed by atoms with E-state index in [-0.39, 0.29) is 34.6 Å². The zero-order chi connectivity index (χ0) is 25.6. The van der Waals surface area contributed by atoms with E-state index in [9.17, 15) is 20.0 Å². The topological polar surface area (TPSA) is 127 Å². The molecule has 1 aromatic carbocycles. The molecule has 0 bridgehead atoms. The first-order valence-electron chi connectivity index (χ1n) is 12.5. The minimum atomic E-state index is -0.504. The highest BCUT2D eigenvalue weighted by Crippen LogP contribution is 2.63. The van der Waals surface area contributed by atoms with E-state index in [1.165, 1.54) is 11.3 Å². The normalized spacial score (nSPS) is 29.8. The maximum absolute atomic E-state index is 12.7. The molecule has 3 aliphatic carbocycles. The fourth-order valence-electron chi connectivity index (χ4n) is 7.25. The molecule has 0 radical (unpaired) electrons. The smallest absolute Gasteiger partial charge is 0.310 e. The van der Waals surface area contributed by atoms with Crippen molar-refractivity contribution in [2.75, 3.05) is 12.4 Å². The van der Waals surface area contributed by atoms with Gasteiger partial charge in [-0.3, -0.25) is 14.9 Å². The van der Waals surface area contributed by atoms with Crippen molar-refractivity contribution in [1.29, 1.82) is 0 Å². The predicted molar refractivity (Wildman–Crippen MR) is 137 cm³/mol. The zero-order valence-electron chi connectivity index (χ0n) is 20.8. The van der Waals surface area contributed by atoms with Crippen molar-refractivity contribution in [2.45, 2.75) is 64.7 Å². The highest BCUT2D eigenvalue weighted by molar-refractivity contribution is 7.15. The number of nitrogens with zero attached hydrogens (tertiary/aromatic N) is 3. The lowest BCUT2D eigenvalue weighted by Crippen LogP contribution is -2.44. The van der Waals surface area contributed by atoms with Gasteiger partial charge in [-0.05, 0) is 86.3 Å². The van der Waals surface area contributed by atoms with Gasteiger partial charge in [0.15, 0.2) is 10.9 Å². The number of carbonyl (C=O) groups is 1. The molecule has 0 saturated heterocycles. The third-order valence-corrected chi connectivity index (χ3v) is 9.53. The average molecular weight is 513 g/mol. The Morgan fingerprint density at radius 2 is 2.22 bits per heavy atom. The van der Waals surface area contributed by atoms with Crippen LogP contribution in [-0.4, -0.2) is 33.7 Å². The Morgan fingerprint density at radius 1 is 1.42 bits per heavy atom. The number of benzene rings is 1. The van der Waals surface area contributed by atoms with Gasteiger partial charge in [-0.25, -0.2) is 4.98 Å². The number of aromatic hydroxyl groups is 1. The number of thiazole rings is 1. The van der Waals surface area contributed by atoms with E-state index < -0.39 is 4.92 Å². The Balaban J connectivity index is 1.41. The van der Waals surface area contributed by atoms with E-state index in [1.807, 2.05) is 6.92 Å². The monoisotopic (exact) mass is 512 g/mol. The first-order valence-corrected chi connectivity index (χ1v) is 13.4. The number of phenols is 1. The molecule has 10 heteroatoms. The third kappa shape index (κ3) is 4.25. The van der Waals surface area contributed by atoms with Crippen LogP contribution >= 0.6 is 11.3 Å². The first-order chi connectivity index (χ1) is 17.2. The summed E-state index contributed by atoms with van der Waals surface area (Å²) in [4.78, 5) is 34.3. The van der Waals surface area contributed by atoms with Gasteiger partial charge >= 0.3 is 5.69 Å². The van der Waals surface area contributed by atoms with Gasteiger partial charge in [0.1, 0.15) is 7.11 Å². The Morgan fingerprint density at radius 3 is 2.92 bits per heavy atom. The molecule has 5 atom stereocenters. The lowest BCUT2D eigenvalue weighted by Gasteiger charge is -2.50. The van der Waals surface area contributed by atoms with Crippen molar-refractivity contribution in [1.82, 2.24) is 4.98 Å².